The van der Waals surface area contributed by atoms with Gasteiger partial charge >= 0.3 is 0 Å². The molecule has 0 amide bonds. The predicted octanol–water partition coefficient (Wildman–Crippen LogP) is 4.78. The molecule has 108 valence electrons. The van der Waals surface area contributed by atoms with Crippen LogP contribution in [0.15, 0.2) is 48.5 Å². The largest absolute Gasteiger partial charge is 0.358 e. The number of anilines is 1. The highest BCUT2D eigenvalue weighted by molar-refractivity contribution is 5.65. The van der Waals surface area contributed by atoms with Crippen LogP contribution in [0.5, 0.6) is 0 Å². The second-order valence-electron chi connectivity index (χ2n) is 7.25. The summed E-state index contributed by atoms with van der Waals surface area (Å²) in [6.45, 7) is 9.49. The zero-order valence-corrected chi connectivity index (χ0v) is 13.4. The molecule has 0 aromatic heterocycles. The highest BCUT2D eigenvalue weighted by Gasteiger charge is 2.61. The smallest absolute Gasteiger partial charge is 0.0641 e. The molecule has 1 heterocycles. The summed E-state index contributed by atoms with van der Waals surface area (Å²) >= 11 is 0. The molecule has 1 saturated heterocycles. The number of rotatable bonds is 1. The SMILES string of the molecule is Cc1ccccc1N1[C@@H](C)C2(C)CC1(C)c1ccccc12. The van der Waals surface area contributed by atoms with Crippen molar-refractivity contribution in [3.63, 3.8) is 0 Å². The van der Waals surface area contributed by atoms with Gasteiger partial charge in [0.15, 0.2) is 0 Å². The molecular weight excluding hydrogens is 254 g/mol. The van der Waals surface area contributed by atoms with Crippen LogP contribution in [0.2, 0.25) is 0 Å². The molecule has 3 atom stereocenters. The third-order valence-corrected chi connectivity index (χ3v) is 6.05. The molecule has 2 bridgehead atoms. The van der Waals surface area contributed by atoms with E-state index < -0.39 is 0 Å². The standard InChI is InChI=1S/C20H23N/c1-14-9-5-8-12-18(14)21-15(2)19(3)13-20(21,4)17-11-7-6-10-16(17)19/h5-12,15H,13H2,1-4H3/t15-,19?,20?/m0/s1. The summed E-state index contributed by atoms with van der Waals surface area (Å²) in [7, 11) is 0. The molecule has 1 aliphatic heterocycles. The minimum atomic E-state index is 0.122. The predicted molar refractivity (Wildman–Crippen MR) is 88.9 cm³/mol. The fraction of sp³-hybridized carbons (Fsp3) is 0.400. The molecule has 1 aliphatic carbocycles. The number of hydrogen-bond donors (Lipinski definition) is 0. The molecule has 0 spiro atoms. The lowest BCUT2D eigenvalue weighted by molar-refractivity contribution is 0.450. The lowest BCUT2D eigenvalue weighted by Crippen LogP contribution is -2.48. The molecule has 1 heteroatoms. The Morgan fingerprint density at radius 2 is 1.57 bits per heavy atom. The van der Waals surface area contributed by atoms with Crippen LogP contribution in [0.4, 0.5) is 5.69 Å². The zero-order valence-electron chi connectivity index (χ0n) is 13.4. The quantitative estimate of drug-likeness (QED) is 0.725. The number of benzene rings is 2. The Morgan fingerprint density at radius 1 is 0.952 bits per heavy atom. The lowest BCUT2D eigenvalue weighted by atomic mass is 9.78. The van der Waals surface area contributed by atoms with E-state index in [0.29, 0.717) is 6.04 Å². The minimum absolute atomic E-state index is 0.122. The van der Waals surface area contributed by atoms with Crippen molar-refractivity contribution in [3.8, 4) is 0 Å². The topological polar surface area (TPSA) is 3.24 Å². The molecule has 0 N–H and O–H groups in total. The van der Waals surface area contributed by atoms with Crippen LogP contribution in [-0.4, -0.2) is 6.04 Å². The van der Waals surface area contributed by atoms with Crippen molar-refractivity contribution >= 4 is 5.69 Å². The van der Waals surface area contributed by atoms with Gasteiger partial charge in [-0.2, -0.15) is 0 Å². The monoisotopic (exact) mass is 277 g/mol. The Kier molecular flexibility index (Phi) is 2.41. The summed E-state index contributed by atoms with van der Waals surface area (Å²) in [6.07, 6.45) is 1.22. The van der Waals surface area contributed by atoms with Gasteiger partial charge in [0.25, 0.3) is 0 Å². The van der Waals surface area contributed by atoms with Crippen LogP contribution in [0, 0.1) is 6.92 Å². The summed E-state index contributed by atoms with van der Waals surface area (Å²) in [5.41, 5.74) is 6.23. The van der Waals surface area contributed by atoms with Gasteiger partial charge in [0, 0.05) is 17.1 Å². The summed E-state index contributed by atoms with van der Waals surface area (Å²) in [5.74, 6) is 0. The first-order valence-electron chi connectivity index (χ1n) is 7.93. The van der Waals surface area contributed by atoms with Gasteiger partial charge in [-0.05, 0) is 49.9 Å². The normalized spacial score (nSPS) is 33.3. The van der Waals surface area contributed by atoms with Crippen LogP contribution >= 0.6 is 0 Å². The lowest BCUT2D eigenvalue weighted by Gasteiger charge is -2.46. The maximum atomic E-state index is 2.67. The van der Waals surface area contributed by atoms with E-state index in [1.165, 1.54) is 23.2 Å². The van der Waals surface area contributed by atoms with Crippen molar-refractivity contribution in [2.75, 3.05) is 4.90 Å². The minimum Gasteiger partial charge on any atom is -0.358 e. The van der Waals surface area contributed by atoms with E-state index in [4.69, 9.17) is 0 Å². The van der Waals surface area contributed by atoms with Crippen molar-refractivity contribution in [1.82, 2.24) is 0 Å². The summed E-state index contributed by atoms with van der Waals surface area (Å²) in [5, 5.41) is 0. The van der Waals surface area contributed by atoms with E-state index in [1.54, 1.807) is 5.56 Å². The Labute approximate surface area is 127 Å². The maximum Gasteiger partial charge on any atom is 0.0641 e. The molecule has 2 aromatic carbocycles. The van der Waals surface area contributed by atoms with Crippen molar-refractivity contribution in [1.29, 1.82) is 0 Å². The van der Waals surface area contributed by atoms with Crippen molar-refractivity contribution in [2.24, 2.45) is 0 Å². The fourth-order valence-electron chi connectivity index (χ4n) is 4.96. The number of aryl methyl sites for hydroxylation is 1. The van der Waals surface area contributed by atoms with Gasteiger partial charge in [-0.1, -0.05) is 49.4 Å². The molecular formula is C20H23N. The Morgan fingerprint density at radius 3 is 2.29 bits per heavy atom. The number of nitrogens with zero attached hydrogens (tertiary/aromatic N) is 1. The number of hydrogen-bond acceptors (Lipinski definition) is 1. The van der Waals surface area contributed by atoms with Crippen LogP contribution in [0.25, 0.3) is 0 Å². The van der Waals surface area contributed by atoms with Crippen LogP contribution in [0.3, 0.4) is 0 Å². The first kappa shape index (κ1) is 12.9. The summed E-state index contributed by atoms with van der Waals surface area (Å²) < 4.78 is 0. The highest BCUT2D eigenvalue weighted by Crippen LogP contribution is 2.61. The third kappa shape index (κ3) is 1.42. The molecule has 1 fully saturated rings. The Balaban J connectivity index is 1.96. The van der Waals surface area contributed by atoms with E-state index in [1.807, 2.05) is 0 Å². The molecule has 2 aromatic rings. The average molecular weight is 277 g/mol. The van der Waals surface area contributed by atoms with Crippen LogP contribution in [-0.2, 0) is 11.0 Å². The second-order valence-corrected chi connectivity index (χ2v) is 7.25. The molecule has 2 aliphatic rings. The van der Waals surface area contributed by atoms with Gasteiger partial charge < -0.3 is 4.90 Å². The van der Waals surface area contributed by atoms with E-state index in [0.717, 1.165) is 0 Å². The van der Waals surface area contributed by atoms with Crippen LogP contribution in [0.1, 0.15) is 43.9 Å². The van der Waals surface area contributed by atoms with Gasteiger partial charge in [-0.15, -0.1) is 0 Å². The molecule has 21 heavy (non-hydrogen) atoms. The first-order valence-corrected chi connectivity index (χ1v) is 7.93. The Hall–Kier alpha value is -1.76. The van der Waals surface area contributed by atoms with Crippen molar-refractivity contribution in [2.45, 2.75) is 51.1 Å². The number of fused-ring (bicyclic) bond motifs is 5. The number of para-hydroxylation sites is 1. The summed E-state index contributed by atoms with van der Waals surface area (Å²) in [4.78, 5) is 2.67. The molecule has 4 rings (SSSR count). The average Bonchev–Trinajstić information content (AvgIpc) is 2.83. The van der Waals surface area contributed by atoms with Crippen molar-refractivity contribution in [3.05, 3.63) is 65.2 Å². The van der Waals surface area contributed by atoms with Gasteiger partial charge in [0.1, 0.15) is 0 Å². The van der Waals surface area contributed by atoms with Gasteiger partial charge in [-0.25, -0.2) is 0 Å². The molecule has 0 saturated carbocycles. The molecule has 1 nitrogen and oxygen atoms in total. The first-order chi connectivity index (χ1) is 9.98. The van der Waals surface area contributed by atoms with E-state index in [9.17, 15) is 0 Å². The highest BCUT2D eigenvalue weighted by atomic mass is 15.3. The fourth-order valence-corrected chi connectivity index (χ4v) is 4.96. The second kappa shape index (κ2) is 3.91. The van der Waals surface area contributed by atoms with E-state index >= 15 is 0 Å². The van der Waals surface area contributed by atoms with E-state index in [2.05, 4.69) is 81.1 Å². The van der Waals surface area contributed by atoms with Gasteiger partial charge in [0.2, 0.25) is 0 Å². The van der Waals surface area contributed by atoms with Crippen LogP contribution < -0.4 is 4.90 Å². The molecule has 2 unspecified atom stereocenters. The van der Waals surface area contributed by atoms with Gasteiger partial charge in [-0.3, -0.25) is 0 Å². The van der Waals surface area contributed by atoms with Gasteiger partial charge in [0.05, 0.1) is 5.54 Å². The zero-order chi connectivity index (χ0) is 14.8. The van der Waals surface area contributed by atoms with E-state index in [-0.39, 0.29) is 11.0 Å². The molecule has 0 radical (unpaired) electrons. The summed E-state index contributed by atoms with van der Waals surface area (Å²) in [6, 6.07) is 18.4. The Bertz CT molecular complexity index is 719. The maximum absolute atomic E-state index is 2.67. The third-order valence-electron chi connectivity index (χ3n) is 6.05. The van der Waals surface area contributed by atoms with Crippen molar-refractivity contribution < 1.29 is 0 Å².